The average Bonchev–Trinajstić information content (AvgIpc) is 2.37. The number of hydrogen-bond acceptors (Lipinski definition) is 6. The second-order valence-corrected chi connectivity index (χ2v) is 3.70. The predicted molar refractivity (Wildman–Crippen MR) is 64.3 cm³/mol. The Labute approximate surface area is 105 Å². The zero-order valence-corrected chi connectivity index (χ0v) is 9.27. The quantitative estimate of drug-likeness (QED) is 0.513. The van der Waals surface area contributed by atoms with Gasteiger partial charge in [0.15, 0.2) is 6.29 Å². The van der Waals surface area contributed by atoms with Crippen molar-refractivity contribution < 1.29 is 19.7 Å². The number of rotatable bonds is 3. The highest BCUT2D eigenvalue weighted by Gasteiger charge is 2.21. The number of nitrogens with zero attached hydrogens (tertiary/aromatic N) is 2. The summed E-state index contributed by atoms with van der Waals surface area (Å²) in [6.07, 6.45) is 0.274. The Morgan fingerprint density at radius 3 is 2.32 bits per heavy atom. The van der Waals surface area contributed by atoms with Crippen molar-refractivity contribution in [3.8, 4) is 5.75 Å². The number of phenols is 1. The molecule has 0 unspecified atom stereocenters. The van der Waals surface area contributed by atoms with E-state index in [1.807, 2.05) is 0 Å². The average molecular weight is 262 g/mol. The molecule has 0 atom stereocenters. The topological polar surface area (TPSA) is 124 Å². The first-order chi connectivity index (χ1) is 8.95. The lowest BCUT2D eigenvalue weighted by Crippen LogP contribution is -1.95. The molecule has 0 aliphatic heterocycles. The van der Waals surface area contributed by atoms with Crippen molar-refractivity contribution in [2.75, 3.05) is 0 Å². The second kappa shape index (κ2) is 4.33. The highest BCUT2D eigenvalue weighted by molar-refractivity contribution is 6.03. The summed E-state index contributed by atoms with van der Waals surface area (Å²) in [6.45, 7) is 0. The number of fused-ring (bicyclic) bond motifs is 1. The number of aldehydes is 1. The lowest BCUT2D eigenvalue weighted by molar-refractivity contribution is -0.385. The van der Waals surface area contributed by atoms with Gasteiger partial charge in [0.05, 0.1) is 15.4 Å². The van der Waals surface area contributed by atoms with E-state index in [2.05, 4.69) is 0 Å². The van der Waals surface area contributed by atoms with Crippen LogP contribution in [0.5, 0.6) is 5.75 Å². The fraction of sp³-hybridized carbons (Fsp3) is 0. The zero-order valence-electron chi connectivity index (χ0n) is 9.27. The van der Waals surface area contributed by atoms with E-state index in [1.165, 1.54) is 6.07 Å². The minimum absolute atomic E-state index is 0.140. The van der Waals surface area contributed by atoms with Crippen LogP contribution in [0.3, 0.4) is 0 Å². The third-order valence-electron chi connectivity index (χ3n) is 2.64. The van der Waals surface area contributed by atoms with E-state index in [4.69, 9.17) is 0 Å². The number of nitro groups is 2. The molecule has 0 saturated carbocycles. The fourth-order valence-corrected chi connectivity index (χ4v) is 1.77. The molecule has 0 aliphatic rings. The first kappa shape index (κ1) is 12.4. The van der Waals surface area contributed by atoms with Gasteiger partial charge >= 0.3 is 5.69 Å². The molecule has 0 saturated heterocycles. The van der Waals surface area contributed by atoms with Crippen molar-refractivity contribution in [2.24, 2.45) is 0 Å². The SMILES string of the molecule is O=Cc1c(O)c([N+](=O)[O-])cc2cc([N+](=O)[O-])ccc12. The van der Waals surface area contributed by atoms with Gasteiger partial charge in [-0.05, 0) is 16.8 Å². The smallest absolute Gasteiger partial charge is 0.312 e. The summed E-state index contributed by atoms with van der Waals surface area (Å²) < 4.78 is 0. The van der Waals surface area contributed by atoms with Gasteiger partial charge in [0, 0.05) is 18.2 Å². The lowest BCUT2D eigenvalue weighted by atomic mass is 10.0. The van der Waals surface area contributed by atoms with E-state index in [0.717, 1.165) is 18.2 Å². The predicted octanol–water partition coefficient (Wildman–Crippen LogP) is 2.17. The van der Waals surface area contributed by atoms with Crippen LogP contribution in [0.15, 0.2) is 24.3 Å². The van der Waals surface area contributed by atoms with Crippen molar-refractivity contribution in [3.05, 3.63) is 50.1 Å². The molecule has 0 aromatic heterocycles. The summed E-state index contributed by atoms with van der Waals surface area (Å²) in [5.74, 6) is -0.749. The van der Waals surface area contributed by atoms with Gasteiger partial charge in [0.2, 0.25) is 5.75 Å². The number of aromatic hydroxyl groups is 1. The molecule has 0 radical (unpaired) electrons. The number of carbonyl (C=O) groups excluding carboxylic acids is 1. The number of non-ortho nitro benzene ring substituents is 1. The van der Waals surface area contributed by atoms with E-state index in [0.29, 0.717) is 0 Å². The third kappa shape index (κ3) is 1.95. The molecule has 0 amide bonds. The van der Waals surface area contributed by atoms with Gasteiger partial charge < -0.3 is 5.11 Å². The van der Waals surface area contributed by atoms with Crippen molar-refractivity contribution in [3.63, 3.8) is 0 Å². The van der Waals surface area contributed by atoms with Crippen LogP contribution >= 0.6 is 0 Å². The molecule has 96 valence electrons. The summed E-state index contributed by atoms with van der Waals surface area (Å²) in [7, 11) is 0. The first-order valence-corrected chi connectivity index (χ1v) is 4.99. The Bertz CT molecular complexity index is 725. The molecule has 0 aliphatic carbocycles. The van der Waals surface area contributed by atoms with E-state index in [-0.39, 0.29) is 28.3 Å². The van der Waals surface area contributed by atoms with Gasteiger partial charge in [-0.1, -0.05) is 0 Å². The lowest BCUT2D eigenvalue weighted by Gasteiger charge is -2.04. The summed E-state index contributed by atoms with van der Waals surface area (Å²) in [6, 6.07) is 4.51. The van der Waals surface area contributed by atoms with E-state index >= 15 is 0 Å². The normalized spacial score (nSPS) is 10.3. The highest BCUT2D eigenvalue weighted by atomic mass is 16.6. The summed E-state index contributed by atoms with van der Waals surface area (Å²) in [5, 5.41) is 31.4. The van der Waals surface area contributed by atoms with Gasteiger partial charge in [-0.2, -0.15) is 0 Å². The molecule has 0 bridgehead atoms. The largest absolute Gasteiger partial charge is 0.502 e. The van der Waals surface area contributed by atoms with Crippen LogP contribution in [0.2, 0.25) is 0 Å². The third-order valence-corrected chi connectivity index (χ3v) is 2.64. The van der Waals surface area contributed by atoms with Crippen LogP contribution in [0.1, 0.15) is 10.4 Å². The van der Waals surface area contributed by atoms with Gasteiger partial charge in [-0.25, -0.2) is 0 Å². The fourth-order valence-electron chi connectivity index (χ4n) is 1.77. The summed E-state index contributed by atoms with van der Waals surface area (Å²) in [5.41, 5.74) is -1.20. The first-order valence-electron chi connectivity index (χ1n) is 4.99. The van der Waals surface area contributed by atoms with Crippen molar-refractivity contribution in [1.29, 1.82) is 0 Å². The van der Waals surface area contributed by atoms with Crippen LogP contribution in [0, 0.1) is 20.2 Å². The van der Waals surface area contributed by atoms with Gasteiger partial charge in [0.1, 0.15) is 0 Å². The maximum atomic E-state index is 10.9. The van der Waals surface area contributed by atoms with Crippen LogP contribution in [0.4, 0.5) is 11.4 Å². The van der Waals surface area contributed by atoms with Crippen LogP contribution in [-0.2, 0) is 0 Å². The maximum absolute atomic E-state index is 10.9. The van der Waals surface area contributed by atoms with Crippen molar-refractivity contribution >= 4 is 28.4 Å². The molecular weight excluding hydrogens is 256 g/mol. The molecule has 0 spiro atoms. The number of benzene rings is 2. The number of carbonyl (C=O) groups is 1. The van der Waals surface area contributed by atoms with E-state index in [9.17, 15) is 30.1 Å². The summed E-state index contributed by atoms with van der Waals surface area (Å²) in [4.78, 5) is 30.8. The van der Waals surface area contributed by atoms with E-state index in [1.54, 1.807) is 0 Å². The van der Waals surface area contributed by atoms with E-state index < -0.39 is 21.3 Å². The van der Waals surface area contributed by atoms with Crippen LogP contribution in [-0.4, -0.2) is 21.2 Å². The molecular formula is C11H6N2O6. The van der Waals surface area contributed by atoms with Crippen LogP contribution < -0.4 is 0 Å². The van der Waals surface area contributed by atoms with Crippen LogP contribution in [0.25, 0.3) is 10.8 Å². The highest BCUT2D eigenvalue weighted by Crippen LogP contribution is 2.36. The Balaban J connectivity index is 2.89. The maximum Gasteiger partial charge on any atom is 0.312 e. The Morgan fingerprint density at radius 2 is 1.79 bits per heavy atom. The standard InChI is InChI=1S/C11H6N2O6/c14-5-9-8-2-1-7(12(16)17)3-6(8)4-10(11(9)15)13(18)19/h1-5,15H. The molecule has 2 rings (SSSR count). The van der Waals surface area contributed by atoms with Gasteiger partial charge in [-0.3, -0.25) is 25.0 Å². The number of hydrogen-bond donors (Lipinski definition) is 1. The number of nitro benzene ring substituents is 2. The molecule has 0 heterocycles. The Kier molecular flexibility index (Phi) is 2.83. The minimum atomic E-state index is -0.861. The minimum Gasteiger partial charge on any atom is -0.502 e. The molecule has 19 heavy (non-hydrogen) atoms. The van der Waals surface area contributed by atoms with Crippen molar-refractivity contribution in [1.82, 2.24) is 0 Å². The Hall–Kier alpha value is -3.03. The van der Waals surface area contributed by atoms with Gasteiger partial charge in [-0.15, -0.1) is 0 Å². The number of phenolic OH excluding ortho intramolecular Hbond substituents is 1. The second-order valence-electron chi connectivity index (χ2n) is 3.70. The Morgan fingerprint density at radius 1 is 1.11 bits per heavy atom. The van der Waals surface area contributed by atoms with Crippen molar-refractivity contribution in [2.45, 2.75) is 0 Å². The zero-order chi connectivity index (χ0) is 14.2. The molecule has 2 aromatic rings. The molecule has 8 heteroatoms. The van der Waals surface area contributed by atoms with Gasteiger partial charge in [0.25, 0.3) is 5.69 Å². The molecule has 0 fully saturated rings. The molecule has 2 aromatic carbocycles. The monoisotopic (exact) mass is 262 g/mol. The molecule has 1 N–H and O–H groups in total. The summed E-state index contributed by atoms with van der Waals surface area (Å²) >= 11 is 0. The molecule has 8 nitrogen and oxygen atoms in total.